The van der Waals surface area contributed by atoms with Crippen LogP contribution in [-0.4, -0.2) is 10.2 Å². The van der Waals surface area contributed by atoms with Gasteiger partial charge in [0.2, 0.25) is 0 Å². The lowest BCUT2D eigenvalue weighted by atomic mass is 10.0. The molecule has 0 bridgehead atoms. The van der Waals surface area contributed by atoms with Crippen LogP contribution in [0.15, 0.2) is 34.8 Å². The molecule has 0 aliphatic rings. The Kier molecular flexibility index (Phi) is 2.44. The number of hydrogen-bond acceptors (Lipinski definition) is 2. The van der Waals surface area contributed by atoms with Gasteiger partial charge in [-0.2, -0.15) is 0 Å². The Labute approximate surface area is 89.9 Å². The quantitative estimate of drug-likeness (QED) is 0.820. The molecule has 72 valence electrons. The Bertz CT molecular complexity index is 480. The lowest BCUT2D eigenvalue weighted by molar-refractivity contribution is 0.277. The molecular formula is C11H9BrO2. The second-order valence-electron chi connectivity index (χ2n) is 3.09. The number of rotatable bonds is 1. The second-order valence-corrected chi connectivity index (χ2v) is 4.00. The molecule has 2 N–H and O–H groups in total. The molecule has 2 aromatic rings. The number of aliphatic hydroxyl groups is 1. The van der Waals surface area contributed by atoms with Gasteiger partial charge in [0.1, 0.15) is 5.75 Å². The Morgan fingerprint density at radius 3 is 2.64 bits per heavy atom. The lowest BCUT2D eigenvalue weighted by Gasteiger charge is -2.06. The summed E-state index contributed by atoms with van der Waals surface area (Å²) in [6.45, 7) is -0.148. The summed E-state index contributed by atoms with van der Waals surface area (Å²) in [6, 6.07) is 9.15. The topological polar surface area (TPSA) is 40.5 Å². The van der Waals surface area contributed by atoms with E-state index < -0.39 is 0 Å². The van der Waals surface area contributed by atoms with Crippen molar-refractivity contribution >= 4 is 26.7 Å². The number of aliphatic hydroxyl groups excluding tert-OH is 1. The van der Waals surface area contributed by atoms with Gasteiger partial charge in [-0.25, -0.2) is 0 Å². The second kappa shape index (κ2) is 3.59. The average Bonchev–Trinajstić information content (AvgIpc) is 2.18. The molecule has 0 saturated carbocycles. The molecule has 14 heavy (non-hydrogen) atoms. The van der Waals surface area contributed by atoms with Crippen molar-refractivity contribution in [1.29, 1.82) is 0 Å². The first kappa shape index (κ1) is 9.49. The van der Waals surface area contributed by atoms with Crippen LogP contribution >= 0.6 is 15.9 Å². The minimum Gasteiger partial charge on any atom is -0.508 e. The van der Waals surface area contributed by atoms with Gasteiger partial charge in [0.15, 0.2) is 0 Å². The van der Waals surface area contributed by atoms with E-state index in [1.165, 1.54) is 0 Å². The maximum atomic E-state index is 9.51. The standard InChI is InChI=1S/C11H9BrO2/c12-8-2-3-9-7(5-8)1-4-11(14)10(9)6-13/h1-5,13-14H,6H2. The molecule has 0 aliphatic heterocycles. The number of aromatic hydroxyl groups is 1. The highest BCUT2D eigenvalue weighted by molar-refractivity contribution is 9.10. The summed E-state index contributed by atoms with van der Waals surface area (Å²) in [5.74, 6) is 0.141. The first-order valence-corrected chi connectivity index (χ1v) is 5.02. The lowest BCUT2D eigenvalue weighted by Crippen LogP contribution is -1.86. The predicted octanol–water partition coefficient (Wildman–Crippen LogP) is 2.80. The largest absolute Gasteiger partial charge is 0.508 e. The van der Waals surface area contributed by atoms with Crippen molar-refractivity contribution in [3.63, 3.8) is 0 Å². The van der Waals surface area contributed by atoms with Gasteiger partial charge in [0, 0.05) is 10.0 Å². The molecule has 0 saturated heterocycles. The first-order valence-electron chi connectivity index (χ1n) is 4.23. The van der Waals surface area contributed by atoms with Crippen molar-refractivity contribution in [3.05, 3.63) is 40.4 Å². The Hall–Kier alpha value is -1.06. The van der Waals surface area contributed by atoms with E-state index in [0.29, 0.717) is 5.56 Å². The normalized spacial score (nSPS) is 10.7. The molecule has 0 radical (unpaired) electrons. The first-order chi connectivity index (χ1) is 6.72. The van der Waals surface area contributed by atoms with E-state index >= 15 is 0 Å². The summed E-state index contributed by atoms with van der Waals surface area (Å²) in [5.41, 5.74) is 0.579. The molecule has 2 nitrogen and oxygen atoms in total. The highest BCUT2D eigenvalue weighted by Gasteiger charge is 2.05. The molecular weight excluding hydrogens is 244 g/mol. The van der Waals surface area contributed by atoms with Crippen LogP contribution in [0.4, 0.5) is 0 Å². The highest BCUT2D eigenvalue weighted by Crippen LogP contribution is 2.28. The Morgan fingerprint density at radius 1 is 1.14 bits per heavy atom. The summed E-state index contributed by atoms with van der Waals surface area (Å²) >= 11 is 3.37. The van der Waals surface area contributed by atoms with Crippen LogP contribution in [0.1, 0.15) is 5.56 Å². The van der Waals surface area contributed by atoms with E-state index in [1.54, 1.807) is 6.07 Å². The van der Waals surface area contributed by atoms with E-state index in [2.05, 4.69) is 15.9 Å². The third kappa shape index (κ3) is 1.49. The number of benzene rings is 2. The number of fused-ring (bicyclic) bond motifs is 1. The summed E-state index contributed by atoms with van der Waals surface area (Å²) < 4.78 is 0.986. The van der Waals surface area contributed by atoms with Crippen LogP contribution in [-0.2, 0) is 6.61 Å². The number of halogens is 1. The third-order valence-electron chi connectivity index (χ3n) is 2.23. The molecule has 0 aliphatic carbocycles. The van der Waals surface area contributed by atoms with Gasteiger partial charge in [0.25, 0.3) is 0 Å². The maximum absolute atomic E-state index is 9.51. The van der Waals surface area contributed by atoms with Gasteiger partial charge >= 0.3 is 0 Å². The summed E-state index contributed by atoms with van der Waals surface area (Å²) in [7, 11) is 0. The van der Waals surface area contributed by atoms with Crippen molar-refractivity contribution in [2.24, 2.45) is 0 Å². The molecule has 0 heterocycles. The van der Waals surface area contributed by atoms with Gasteiger partial charge in [-0.3, -0.25) is 0 Å². The molecule has 0 atom stereocenters. The zero-order chi connectivity index (χ0) is 10.1. The van der Waals surface area contributed by atoms with Crippen molar-refractivity contribution in [2.45, 2.75) is 6.61 Å². The summed E-state index contributed by atoms with van der Waals surface area (Å²) in [4.78, 5) is 0. The minimum absolute atomic E-state index is 0.141. The van der Waals surface area contributed by atoms with E-state index in [4.69, 9.17) is 5.11 Å². The van der Waals surface area contributed by atoms with Crippen LogP contribution in [0.5, 0.6) is 5.75 Å². The molecule has 2 aromatic carbocycles. The molecule has 0 unspecified atom stereocenters. The van der Waals surface area contributed by atoms with Crippen molar-refractivity contribution in [1.82, 2.24) is 0 Å². The van der Waals surface area contributed by atoms with Gasteiger partial charge in [0.05, 0.1) is 6.61 Å². The monoisotopic (exact) mass is 252 g/mol. The van der Waals surface area contributed by atoms with Gasteiger partial charge in [-0.15, -0.1) is 0 Å². The van der Waals surface area contributed by atoms with E-state index in [0.717, 1.165) is 15.2 Å². The predicted molar refractivity (Wildman–Crippen MR) is 59.2 cm³/mol. The Balaban J connectivity index is 2.82. The van der Waals surface area contributed by atoms with Gasteiger partial charge in [-0.05, 0) is 29.0 Å². The molecule has 0 fully saturated rings. The fourth-order valence-electron chi connectivity index (χ4n) is 1.52. The maximum Gasteiger partial charge on any atom is 0.121 e. The minimum atomic E-state index is -0.148. The van der Waals surface area contributed by atoms with Crippen LogP contribution in [0.25, 0.3) is 10.8 Å². The molecule has 0 spiro atoms. The molecule has 2 rings (SSSR count). The summed E-state index contributed by atoms with van der Waals surface area (Å²) in [5, 5.41) is 20.5. The van der Waals surface area contributed by atoms with Crippen molar-refractivity contribution in [3.8, 4) is 5.75 Å². The van der Waals surface area contributed by atoms with Crippen LogP contribution in [0, 0.1) is 0 Å². The fourth-order valence-corrected chi connectivity index (χ4v) is 1.90. The smallest absolute Gasteiger partial charge is 0.121 e. The van der Waals surface area contributed by atoms with E-state index in [-0.39, 0.29) is 12.4 Å². The van der Waals surface area contributed by atoms with Crippen molar-refractivity contribution < 1.29 is 10.2 Å². The molecule has 0 aromatic heterocycles. The van der Waals surface area contributed by atoms with E-state index in [1.807, 2.05) is 24.3 Å². The zero-order valence-electron chi connectivity index (χ0n) is 7.37. The van der Waals surface area contributed by atoms with Crippen LogP contribution in [0.2, 0.25) is 0 Å². The SMILES string of the molecule is OCc1c(O)ccc2cc(Br)ccc12. The zero-order valence-corrected chi connectivity index (χ0v) is 8.95. The fraction of sp³-hybridized carbons (Fsp3) is 0.0909. The summed E-state index contributed by atoms with van der Waals surface area (Å²) in [6.07, 6.45) is 0. The van der Waals surface area contributed by atoms with Gasteiger partial charge in [-0.1, -0.05) is 28.1 Å². The molecule has 0 amide bonds. The van der Waals surface area contributed by atoms with Gasteiger partial charge < -0.3 is 10.2 Å². The van der Waals surface area contributed by atoms with E-state index in [9.17, 15) is 5.11 Å². The van der Waals surface area contributed by atoms with Crippen molar-refractivity contribution in [2.75, 3.05) is 0 Å². The average molecular weight is 253 g/mol. The number of hydrogen-bond donors (Lipinski definition) is 2. The van der Waals surface area contributed by atoms with Crippen LogP contribution < -0.4 is 0 Å². The third-order valence-corrected chi connectivity index (χ3v) is 2.72. The highest BCUT2D eigenvalue weighted by atomic mass is 79.9. The molecule has 3 heteroatoms. The number of phenols is 1. The Morgan fingerprint density at radius 2 is 1.93 bits per heavy atom. The van der Waals surface area contributed by atoms with Crippen LogP contribution in [0.3, 0.4) is 0 Å².